The van der Waals surface area contributed by atoms with E-state index in [0.717, 1.165) is 11.1 Å². The number of carbonyl (C=O) groups excluding carboxylic acids is 1. The topological polar surface area (TPSA) is 46.5 Å². The molecule has 0 aliphatic carbocycles. The molecule has 0 aliphatic rings. The Morgan fingerprint density at radius 3 is 2.40 bits per heavy atom. The molecular weight excluding hydrogens is 252 g/mol. The summed E-state index contributed by atoms with van der Waals surface area (Å²) in [7, 11) is 0. The van der Waals surface area contributed by atoms with Crippen molar-refractivity contribution in [3.8, 4) is 11.5 Å². The molecule has 0 fully saturated rings. The standard InChI is InChI=1S/C17H18O3/c1-11-8-13(3)14(9-12(11)2)16(19)10-20-17-7-5-4-6-15(17)18/h4-9,18H,10H2,1-3H3. The van der Waals surface area contributed by atoms with Crippen molar-refractivity contribution in [1.82, 2.24) is 0 Å². The van der Waals surface area contributed by atoms with Crippen molar-refractivity contribution >= 4 is 5.78 Å². The van der Waals surface area contributed by atoms with Crippen LogP contribution >= 0.6 is 0 Å². The smallest absolute Gasteiger partial charge is 0.200 e. The number of phenols is 1. The molecule has 2 aromatic carbocycles. The van der Waals surface area contributed by atoms with E-state index in [2.05, 4.69) is 0 Å². The summed E-state index contributed by atoms with van der Waals surface area (Å²) in [6.45, 7) is 5.84. The molecule has 0 atom stereocenters. The van der Waals surface area contributed by atoms with Crippen LogP contribution in [0.1, 0.15) is 27.0 Å². The number of rotatable bonds is 4. The van der Waals surface area contributed by atoms with Crippen LogP contribution in [-0.2, 0) is 0 Å². The SMILES string of the molecule is Cc1cc(C)c(C(=O)COc2ccccc2O)cc1C. The van der Waals surface area contributed by atoms with Crippen molar-refractivity contribution in [1.29, 1.82) is 0 Å². The maximum Gasteiger partial charge on any atom is 0.200 e. The minimum Gasteiger partial charge on any atom is -0.504 e. The normalized spacial score (nSPS) is 10.3. The number of aryl methyl sites for hydroxylation is 3. The summed E-state index contributed by atoms with van der Waals surface area (Å²) >= 11 is 0. The van der Waals surface area contributed by atoms with Crippen molar-refractivity contribution in [3.63, 3.8) is 0 Å². The number of ether oxygens (including phenoxy) is 1. The Balaban J connectivity index is 2.13. The molecule has 0 radical (unpaired) electrons. The Hall–Kier alpha value is -2.29. The van der Waals surface area contributed by atoms with E-state index in [1.54, 1.807) is 18.2 Å². The van der Waals surface area contributed by atoms with E-state index in [-0.39, 0.29) is 18.1 Å². The molecule has 3 nitrogen and oxygen atoms in total. The molecule has 0 aromatic heterocycles. The maximum absolute atomic E-state index is 12.2. The van der Waals surface area contributed by atoms with Crippen molar-refractivity contribution in [2.45, 2.75) is 20.8 Å². The lowest BCUT2D eigenvalue weighted by Crippen LogP contribution is -2.13. The van der Waals surface area contributed by atoms with Gasteiger partial charge in [0.05, 0.1) is 0 Å². The Morgan fingerprint density at radius 1 is 1.05 bits per heavy atom. The number of hydrogen-bond acceptors (Lipinski definition) is 3. The Morgan fingerprint density at radius 2 is 1.70 bits per heavy atom. The zero-order valence-electron chi connectivity index (χ0n) is 11.9. The van der Waals surface area contributed by atoms with Gasteiger partial charge in [0, 0.05) is 5.56 Å². The van der Waals surface area contributed by atoms with Gasteiger partial charge < -0.3 is 9.84 Å². The van der Waals surface area contributed by atoms with Gasteiger partial charge in [-0.1, -0.05) is 18.2 Å². The highest BCUT2D eigenvalue weighted by atomic mass is 16.5. The van der Waals surface area contributed by atoms with E-state index in [1.807, 2.05) is 32.9 Å². The molecule has 20 heavy (non-hydrogen) atoms. The molecule has 3 heteroatoms. The molecule has 0 amide bonds. The maximum atomic E-state index is 12.2. The van der Waals surface area contributed by atoms with Crippen LogP contribution < -0.4 is 4.74 Å². The van der Waals surface area contributed by atoms with Gasteiger partial charge in [0.25, 0.3) is 0 Å². The third-order valence-corrected chi connectivity index (χ3v) is 3.37. The van der Waals surface area contributed by atoms with Gasteiger partial charge in [-0.3, -0.25) is 4.79 Å². The fourth-order valence-corrected chi connectivity index (χ4v) is 2.06. The minimum absolute atomic E-state index is 0.0390. The first-order chi connectivity index (χ1) is 9.49. The number of benzene rings is 2. The fourth-order valence-electron chi connectivity index (χ4n) is 2.06. The summed E-state index contributed by atoms with van der Waals surface area (Å²) in [5, 5.41) is 9.59. The largest absolute Gasteiger partial charge is 0.504 e. The predicted octanol–water partition coefficient (Wildman–Crippen LogP) is 3.58. The number of aromatic hydroxyl groups is 1. The Kier molecular flexibility index (Phi) is 4.08. The van der Waals surface area contributed by atoms with Gasteiger partial charge in [0.1, 0.15) is 0 Å². The number of ketones is 1. The van der Waals surface area contributed by atoms with Crippen LogP contribution in [0.3, 0.4) is 0 Å². The van der Waals surface area contributed by atoms with Gasteiger partial charge in [-0.2, -0.15) is 0 Å². The van der Waals surface area contributed by atoms with Crippen LogP contribution in [0.25, 0.3) is 0 Å². The highest BCUT2D eigenvalue weighted by Gasteiger charge is 2.12. The van der Waals surface area contributed by atoms with Crippen LogP contribution in [0.15, 0.2) is 36.4 Å². The molecule has 0 unspecified atom stereocenters. The van der Waals surface area contributed by atoms with Gasteiger partial charge in [-0.05, 0) is 55.7 Å². The molecule has 0 saturated carbocycles. The quantitative estimate of drug-likeness (QED) is 0.864. The van der Waals surface area contributed by atoms with E-state index in [0.29, 0.717) is 11.3 Å². The first kappa shape index (κ1) is 14.1. The van der Waals surface area contributed by atoms with E-state index in [4.69, 9.17) is 4.74 Å². The van der Waals surface area contributed by atoms with Gasteiger partial charge in [0.2, 0.25) is 0 Å². The first-order valence-electron chi connectivity index (χ1n) is 6.51. The highest BCUT2D eigenvalue weighted by molar-refractivity contribution is 5.98. The van der Waals surface area contributed by atoms with Crippen LogP contribution in [0, 0.1) is 20.8 Å². The molecule has 0 saturated heterocycles. The lowest BCUT2D eigenvalue weighted by molar-refractivity contribution is 0.0919. The number of para-hydroxylation sites is 2. The summed E-state index contributed by atoms with van der Waals surface area (Å²) in [5.41, 5.74) is 3.87. The number of hydrogen-bond donors (Lipinski definition) is 1. The van der Waals surface area contributed by atoms with Crippen molar-refractivity contribution in [2.24, 2.45) is 0 Å². The first-order valence-corrected chi connectivity index (χ1v) is 6.51. The van der Waals surface area contributed by atoms with Crippen LogP contribution in [0.2, 0.25) is 0 Å². The van der Waals surface area contributed by atoms with Gasteiger partial charge in [-0.15, -0.1) is 0 Å². The predicted molar refractivity (Wildman–Crippen MR) is 78.6 cm³/mol. The molecule has 104 valence electrons. The second-order valence-electron chi connectivity index (χ2n) is 4.93. The van der Waals surface area contributed by atoms with Crippen LogP contribution in [-0.4, -0.2) is 17.5 Å². The molecule has 1 N–H and O–H groups in total. The third-order valence-electron chi connectivity index (χ3n) is 3.37. The lowest BCUT2D eigenvalue weighted by Gasteiger charge is -2.10. The Labute approximate surface area is 118 Å². The zero-order valence-corrected chi connectivity index (χ0v) is 11.9. The summed E-state index contributed by atoms with van der Waals surface area (Å²) in [5.74, 6) is 0.272. The fraction of sp³-hybridized carbons (Fsp3) is 0.235. The van der Waals surface area contributed by atoms with E-state index < -0.39 is 0 Å². The number of carbonyl (C=O) groups is 1. The summed E-state index contributed by atoms with van der Waals surface area (Å²) in [6.07, 6.45) is 0. The van der Waals surface area contributed by atoms with Crippen LogP contribution in [0.4, 0.5) is 0 Å². The summed E-state index contributed by atoms with van der Waals surface area (Å²) in [4.78, 5) is 12.2. The van der Waals surface area contributed by atoms with Gasteiger partial charge in [0.15, 0.2) is 23.9 Å². The van der Waals surface area contributed by atoms with E-state index in [1.165, 1.54) is 11.6 Å². The molecule has 0 bridgehead atoms. The average molecular weight is 270 g/mol. The van der Waals surface area contributed by atoms with E-state index >= 15 is 0 Å². The van der Waals surface area contributed by atoms with Gasteiger partial charge >= 0.3 is 0 Å². The summed E-state index contributed by atoms with van der Waals surface area (Å²) in [6, 6.07) is 10.5. The summed E-state index contributed by atoms with van der Waals surface area (Å²) < 4.78 is 5.38. The van der Waals surface area contributed by atoms with Crippen LogP contribution in [0.5, 0.6) is 11.5 Å². The monoisotopic (exact) mass is 270 g/mol. The zero-order chi connectivity index (χ0) is 14.7. The molecule has 2 rings (SSSR count). The van der Waals surface area contributed by atoms with Crippen molar-refractivity contribution in [3.05, 3.63) is 58.7 Å². The number of phenolic OH excluding ortho intramolecular Hbond substituents is 1. The van der Waals surface area contributed by atoms with E-state index in [9.17, 15) is 9.90 Å². The average Bonchev–Trinajstić information content (AvgIpc) is 2.41. The van der Waals surface area contributed by atoms with Crippen molar-refractivity contribution < 1.29 is 14.6 Å². The lowest BCUT2D eigenvalue weighted by atomic mass is 9.98. The number of Topliss-reactive ketones (excluding diaryl/α,β-unsaturated/α-hetero) is 1. The van der Waals surface area contributed by atoms with Gasteiger partial charge in [-0.25, -0.2) is 0 Å². The molecule has 0 spiro atoms. The minimum atomic E-state index is -0.0890. The molecule has 0 aliphatic heterocycles. The molecular formula is C17H18O3. The van der Waals surface area contributed by atoms with Crippen molar-refractivity contribution in [2.75, 3.05) is 6.61 Å². The second kappa shape index (κ2) is 5.78. The highest BCUT2D eigenvalue weighted by Crippen LogP contribution is 2.24. The molecule has 0 heterocycles. The third kappa shape index (κ3) is 2.99. The molecule has 2 aromatic rings. The Bertz CT molecular complexity index is 645. The second-order valence-corrected chi connectivity index (χ2v) is 4.93.